The van der Waals surface area contributed by atoms with Gasteiger partial charge in [0.2, 0.25) is 5.91 Å². The van der Waals surface area contributed by atoms with E-state index in [2.05, 4.69) is 5.32 Å². The third-order valence-corrected chi connectivity index (χ3v) is 3.41. The number of alkyl halides is 1. The SMILES string of the molecule is NC(=O)C(CCCF)CCC1CCCNC1. The molecule has 0 aromatic heterocycles. The van der Waals surface area contributed by atoms with Gasteiger partial charge in [-0.1, -0.05) is 0 Å². The minimum absolute atomic E-state index is 0.127. The summed E-state index contributed by atoms with van der Waals surface area (Å²) in [6, 6.07) is 0. The van der Waals surface area contributed by atoms with Crippen molar-refractivity contribution in [2.45, 2.75) is 38.5 Å². The van der Waals surface area contributed by atoms with E-state index < -0.39 is 0 Å². The molecule has 0 aromatic carbocycles. The van der Waals surface area contributed by atoms with Gasteiger partial charge in [-0.25, -0.2) is 0 Å². The van der Waals surface area contributed by atoms with Crippen molar-refractivity contribution in [3.63, 3.8) is 0 Å². The Kier molecular flexibility index (Phi) is 6.38. The Balaban J connectivity index is 2.22. The number of amides is 1. The number of primary amides is 1. The van der Waals surface area contributed by atoms with Gasteiger partial charge in [-0.05, 0) is 57.5 Å². The number of piperidine rings is 1. The number of carbonyl (C=O) groups is 1. The topological polar surface area (TPSA) is 55.1 Å². The number of carbonyl (C=O) groups excluding carboxylic acids is 1. The fourth-order valence-electron chi connectivity index (χ4n) is 2.36. The maximum absolute atomic E-state index is 12.0. The Bertz CT molecular complexity index is 205. The highest BCUT2D eigenvalue weighted by Gasteiger charge is 2.19. The lowest BCUT2D eigenvalue weighted by Gasteiger charge is -2.24. The van der Waals surface area contributed by atoms with Crippen molar-refractivity contribution in [2.75, 3.05) is 19.8 Å². The minimum atomic E-state index is -0.352. The van der Waals surface area contributed by atoms with E-state index in [1.54, 1.807) is 0 Å². The van der Waals surface area contributed by atoms with Crippen LogP contribution >= 0.6 is 0 Å². The average molecular weight is 230 g/mol. The Morgan fingerprint density at radius 3 is 2.88 bits per heavy atom. The number of hydrogen-bond donors (Lipinski definition) is 2. The molecule has 3 nitrogen and oxygen atoms in total. The van der Waals surface area contributed by atoms with Gasteiger partial charge >= 0.3 is 0 Å². The van der Waals surface area contributed by atoms with Crippen molar-refractivity contribution in [2.24, 2.45) is 17.6 Å². The van der Waals surface area contributed by atoms with Crippen LogP contribution in [0, 0.1) is 11.8 Å². The monoisotopic (exact) mass is 230 g/mol. The molecule has 1 rings (SSSR count). The summed E-state index contributed by atoms with van der Waals surface area (Å²) in [5, 5.41) is 3.35. The van der Waals surface area contributed by atoms with Crippen molar-refractivity contribution in [3.05, 3.63) is 0 Å². The quantitative estimate of drug-likeness (QED) is 0.698. The summed E-state index contributed by atoms with van der Waals surface area (Å²) < 4.78 is 12.0. The summed E-state index contributed by atoms with van der Waals surface area (Å²) in [7, 11) is 0. The fraction of sp³-hybridized carbons (Fsp3) is 0.917. The summed E-state index contributed by atoms with van der Waals surface area (Å²) in [6.07, 6.45) is 5.37. The molecule has 1 amide bonds. The summed E-state index contributed by atoms with van der Waals surface area (Å²) in [5.41, 5.74) is 5.32. The van der Waals surface area contributed by atoms with E-state index >= 15 is 0 Å². The molecule has 3 N–H and O–H groups in total. The third kappa shape index (κ3) is 4.92. The number of nitrogens with one attached hydrogen (secondary N) is 1. The Labute approximate surface area is 97.0 Å². The first-order valence-corrected chi connectivity index (χ1v) is 6.30. The highest BCUT2D eigenvalue weighted by Crippen LogP contribution is 2.21. The standard InChI is InChI=1S/C12H23FN2O/c13-7-1-4-11(12(14)16)6-5-10-3-2-8-15-9-10/h10-11,15H,1-9H2,(H2,14,16). The zero-order valence-electron chi connectivity index (χ0n) is 9.88. The van der Waals surface area contributed by atoms with Crippen molar-refractivity contribution in [3.8, 4) is 0 Å². The van der Waals surface area contributed by atoms with E-state index in [1.165, 1.54) is 12.8 Å². The Hall–Kier alpha value is -0.640. The predicted molar refractivity (Wildman–Crippen MR) is 62.7 cm³/mol. The molecule has 0 bridgehead atoms. The molecule has 1 saturated heterocycles. The lowest BCUT2D eigenvalue weighted by Crippen LogP contribution is -2.31. The Morgan fingerprint density at radius 2 is 2.31 bits per heavy atom. The van der Waals surface area contributed by atoms with Gasteiger partial charge in [-0.15, -0.1) is 0 Å². The summed E-state index contributed by atoms with van der Waals surface area (Å²) in [6.45, 7) is 1.81. The second-order valence-corrected chi connectivity index (χ2v) is 4.72. The smallest absolute Gasteiger partial charge is 0.220 e. The first-order valence-electron chi connectivity index (χ1n) is 6.30. The van der Waals surface area contributed by atoms with E-state index in [0.29, 0.717) is 18.8 Å². The van der Waals surface area contributed by atoms with Gasteiger partial charge in [0.25, 0.3) is 0 Å². The van der Waals surface area contributed by atoms with Crippen molar-refractivity contribution in [1.29, 1.82) is 0 Å². The average Bonchev–Trinajstić information content (AvgIpc) is 2.30. The van der Waals surface area contributed by atoms with E-state index in [4.69, 9.17) is 5.73 Å². The van der Waals surface area contributed by atoms with Crippen LogP contribution in [0.2, 0.25) is 0 Å². The number of rotatable bonds is 7. The van der Waals surface area contributed by atoms with Gasteiger partial charge in [-0.2, -0.15) is 0 Å². The fourth-order valence-corrected chi connectivity index (χ4v) is 2.36. The largest absolute Gasteiger partial charge is 0.369 e. The molecule has 1 heterocycles. The van der Waals surface area contributed by atoms with E-state index in [0.717, 1.165) is 25.9 Å². The van der Waals surface area contributed by atoms with Crippen LogP contribution in [0.25, 0.3) is 0 Å². The van der Waals surface area contributed by atoms with Gasteiger partial charge in [0.05, 0.1) is 6.67 Å². The molecule has 4 heteroatoms. The molecule has 94 valence electrons. The molecule has 2 unspecified atom stereocenters. The maximum Gasteiger partial charge on any atom is 0.220 e. The Morgan fingerprint density at radius 1 is 1.50 bits per heavy atom. The molecular formula is C12H23FN2O. The van der Waals surface area contributed by atoms with Crippen LogP contribution in [0.15, 0.2) is 0 Å². The van der Waals surface area contributed by atoms with Gasteiger partial charge < -0.3 is 11.1 Å². The van der Waals surface area contributed by atoms with Crippen molar-refractivity contribution >= 4 is 5.91 Å². The summed E-state index contributed by atoms with van der Waals surface area (Å²) in [4.78, 5) is 11.2. The molecule has 2 atom stereocenters. The first-order chi connectivity index (χ1) is 7.74. The molecule has 1 fully saturated rings. The van der Waals surface area contributed by atoms with Crippen LogP contribution in [0.4, 0.5) is 4.39 Å². The van der Waals surface area contributed by atoms with Crippen molar-refractivity contribution in [1.82, 2.24) is 5.32 Å². The maximum atomic E-state index is 12.0. The van der Waals surface area contributed by atoms with Crippen LogP contribution in [0.3, 0.4) is 0 Å². The molecule has 1 aliphatic rings. The molecule has 0 aromatic rings. The normalized spacial score (nSPS) is 22.9. The minimum Gasteiger partial charge on any atom is -0.369 e. The lowest BCUT2D eigenvalue weighted by atomic mass is 9.88. The van der Waals surface area contributed by atoms with Gasteiger partial charge in [0, 0.05) is 5.92 Å². The molecular weight excluding hydrogens is 207 g/mol. The summed E-state index contributed by atoms with van der Waals surface area (Å²) >= 11 is 0. The zero-order chi connectivity index (χ0) is 11.8. The van der Waals surface area contributed by atoms with E-state index in [1.807, 2.05) is 0 Å². The van der Waals surface area contributed by atoms with Gasteiger partial charge in [0.1, 0.15) is 0 Å². The highest BCUT2D eigenvalue weighted by atomic mass is 19.1. The highest BCUT2D eigenvalue weighted by molar-refractivity contribution is 5.76. The first kappa shape index (κ1) is 13.4. The molecule has 1 aliphatic heterocycles. The van der Waals surface area contributed by atoms with E-state index in [-0.39, 0.29) is 18.5 Å². The summed E-state index contributed by atoms with van der Waals surface area (Å²) in [5.74, 6) is 0.274. The molecule has 0 spiro atoms. The second-order valence-electron chi connectivity index (χ2n) is 4.72. The van der Waals surface area contributed by atoms with Gasteiger partial charge in [0.15, 0.2) is 0 Å². The van der Waals surface area contributed by atoms with E-state index in [9.17, 15) is 9.18 Å². The molecule has 0 aliphatic carbocycles. The van der Waals surface area contributed by atoms with Gasteiger partial charge in [-0.3, -0.25) is 9.18 Å². The third-order valence-electron chi connectivity index (χ3n) is 3.41. The van der Waals surface area contributed by atoms with Crippen LogP contribution in [-0.4, -0.2) is 25.7 Å². The second kappa shape index (κ2) is 7.60. The molecule has 16 heavy (non-hydrogen) atoms. The predicted octanol–water partition coefficient (Wildman–Crippen LogP) is 1.62. The number of halogens is 1. The van der Waals surface area contributed by atoms with Crippen LogP contribution in [0.1, 0.15) is 38.5 Å². The van der Waals surface area contributed by atoms with Crippen LogP contribution in [0.5, 0.6) is 0 Å². The number of hydrogen-bond acceptors (Lipinski definition) is 2. The van der Waals surface area contributed by atoms with Crippen LogP contribution < -0.4 is 11.1 Å². The lowest BCUT2D eigenvalue weighted by molar-refractivity contribution is -0.122. The number of nitrogens with two attached hydrogens (primary N) is 1. The molecule has 0 saturated carbocycles. The zero-order valence-corrected chi connectivity index (χ0v) is 9.88. The van der Waals surface area contributed by atoms with Crippen LogP contribution in [-0.2, 0) is 4.79 Å². The molecule has 0 radical (unpaired) electrons. The van der Waals surface area contributed by atoms with Crippen molar-refractivity contribution < 1.29 is 9.18 Å².